The SMILES string of the molecule is COc1ccc(-c2nc3scnn3c2C=O)cc1OC. The average molecular weight is 289 g/mol. The molecule has 0 saturated carbocycles. The van der Waals surface area contributed by atoms with Gasteiger partial charge in [0.2, 0.25) is 4.96 Å². The highest BCUT2D eigenvalue weighted by molar-refractivity contribution is 7.14. The summed E-state index contributed by atoms with van der Waals surface area (Å²) in [6, 6.07) is 5.41. The van der Waals surface area contributed by atoms with E-state index in [9.17, 15) is 4.79 Å². The van der Waals surface area contributed by atoms with Crippen molar-refractivity contribution in [2.24, 2.45) is 0 Å². The summed E-state index contributed by atoms with van der Waals surface area (Å²) in [5.74, 6) is 1.22. The number of hydrogen-bond acceptors (Lipinski definition) is 6. The molecule has 0 N–H and O–H groups in total. The van der Waals surface area contributed by atoms with Crippen LogP contribution in [0.4, 0.5) is 0 Å². The molecule has 20 heavy (non-hydrogen) atoms. The highest BCUT2D eigenvalue weighted by atomic mass is 32.1. The number of nitrogens with zero attached hydrogens (tertiary/aromatic N) is 3. The van der Waals surface area contributed by atoms with E-state index >= 15 is 0 Å². The van der Waals surface area contributed by atoms with Crippen LogP contribution in [0.1, 0.15) is 10.5 Å². The average Bonchev–Trinajstić information content (AvgIpc) is 3.06. The third-order valence-electron chi connectivity index (χ3n) is 2.95. The van der Waals surface area contributed by atoms with Gasteiger partial charge in [0.15, 0.2) is 17.8 Å². The molecule has 0 spiro atoms. The van der Waals surface area contributed by atoms with Crippen LogP contribution in [0.3, 0.4) is 0 Å². The highest BCUT2D eigenvalue weighted by Gasteiger charge is 2.17. The monoisotopic (exact) mass is 289 g/mol. The molecule has 0 aliphatic heterocycles. The number of aldehydes is 1. The number of fused-ring (bicyclic) bond motifs is 1. The molecule has 2 aromatic heterocycles. The Labute approximate surface area is 118 Å². The van der Waals surface area contributed by atoms with Crippen molar-refractivity contribution in [2.75, 3.05) is 14.2 Å². The maximum absolute atomic E-state index is 11.3. The summed E-state index contributed by atoms with van der Waals surface area (Å²) in [5.41, 5.74) is 3.43. The lowest BCUT2D eigenvalue weighted by Gasteiger charge is -2.08. The van der Waals surface area contributed by atoms with Crippen LogP contribution in [-0.4, -0.2) is 35.1 Å². The minimum absolute atomic E-state index is 0.425. The number of imidazole rings is 1. The molecule has 0 amide bonds. The van der Waals surface area contributed by atoms with E-state index < -0.39 is 0 Å². The molecule has 2 heterocycles. The molecular weight excluding hydrogens is 278 g/mol. The molecule has 6 nitrogen and oxygen atoms in total. The first kappa shape index (κ1) is 12.6. The lowest BCUT2D eigenvalue weighted by Crippen LogP contribution is -1.94. The van der Waals surface area contributed by atoms with Crippen LogP contribution in [0.25, 0.3) is 16.2 Å². The van der Waals surface area contributed by atoms with Gasteiger partial charge in [0, 0.05) is 5.56 Å². The summed E-state index contributed by atoms with van der Waals surface area (Å²) in [5, 5.41) is 4.10. The number of benzene rings is 1. The first-order chi connectivity index (χ1) is 9.78. The number of carbonyl (C=O) groups excluding carboxylic acids is 1. The van der Waals surface area contributed by atoms with E-state index in [1.807, 2.05) is 6.07 Å². The number of aromatic nitrogens is 3. The van der Waals surface area contributed by atoms with Crippen molar-refractivity contribution in [3.63, 3.8) is 0 Å². The van der Waals surface area contributed by atoms with Crippen LogP contribution >= 0.6 is 11.3 Å². The van der Waals surface area contributed by atoms with Crippen molar-refractivity contribution < 1.29 is 14.3 Å². The second kappa shape index (κ2) is 4.93. The first-order valence-corrected chi connectivity index (χ1v) is 6.66. The van der Waals surface area contributed by atoms with Gasteiger partial charge in [0.05, 0.1) is 14.2 Å². The summed E-state index contributed by atoms with van der Waals surface area (Å²) in [6.45, 7) is 0. The van der Waals surface area contributed by atoms with E-state index in [0.717, 1.165) is 11.8 Å². The molecule has 0 radical (unpaired) electrons. The van der Waals surface area contributed by atoms with Crippen molar-refractivity contribution in [2.45, 2.75) is 0 Å². The lowest BCUT2D eigenvalue weighted by molar-refractivity contribution is 0.111. The van der Waals surface area contributed by atoms with E-state index in [4.69, 9.17) is 9.47 Å². The van der Waals surface area contributed by atoms with Gasteiger partial charge >= 0.3 is 0 Å². The number of ether oxygens (including phenoxy) is 2. The third-order valence-corrected chi connectivity index (χ3v) is 3.62. The Bertz CT molecular complexity index is 778. The number of rotatable bonds is 4. The predicted molar refractivity (Wildman–Crippen MR) is 74.8 cm³/mol. The summed E-state index contributed by atoms with van der Waals surface area (Å²) in [7, 11) is 3.14. The fourth-order valence-corrected chi connectivity index (χ4v) is 2.64. The second-order valence-electron chi connectivity index (χ2n) is 3.97. The van der Waals surface area contributed by atoms with E-state index in [-0.39, 0.29) is 0 Å². The van der Waals surface area contributed by atoms with Crippen molar-refractivity contribution in [1.29, 1.82) is 0 Å². The highest BCUT2D eigenvalue weighted by Crippen LogP contribution is 2.33. The van der Waals surface area contributed by atoms with Crippen molar-refractivity contribution in [1.82, 2.24) is 14.6 Å². The first-order valence-electron chi connectivity index (χ1n) is 5.78. The molecule has 0 saturated heterocycles. The van der Waals surface area contributed by atoms with Gasteiger partial charge in [0.25, 0.3) is 0 Å². The van der Waals surface area contributed by atoms with E-state index in [2.05, 4.69) is 10.1 Å². The molecule has 102 valence electrons. The molecule has 7 heteroatoms. The van der Waals surface area contributed by atoms with Gasteiger partial charge in [-0.25, -0.2) is 4.98 Å². The molecular formula is C13H11N3O3S. The smallest absolute Gasteiger partial charge is 0.213 e. The number of hydrogen-bond donors (Lipinski definition) is 0. The Morgan fingerprint density at radius 3 is 2.75 bits per heavy atom. The summed E-state index contributed by atoms with van der Waals surface area (Å²) >= 11 is 1.38. The zero-order chi connectivity index (χ0) is 14.1. The summed E-state index contributed by atoms with van der Waals surface area (Å²) < 4.78 is 12.0. The summed E-state index contributed by atoms with van der Waals surface area (Å²) in [4.78, 5) is 16.4. The van der Waals surface area contributed by atoms with Crippen molar-refractivity contribution >= 4 is 22.6 Å². The third kappa shape index (κ3) is 1.83. The van der Waals surface area contributed by atoms with Crippen molar-refractivity contribution in [3.8, 4) is 22.8 Å². The molecule has 1 aromatic carbocycles. The minimum atomic E-state index is 0.425. The van der Waals surface area contributed by atoms with Gasteiger partial charge in [-0.1, -0.05) is 11.3 Å². The predicted octanol–water partition coefficient (Wildman–Crippen LogP) is 2.29. The van der Waals surface area contributed by atoms with Crippen molar-refractivity contribution in [3.05, 3.63) is 29.4 Å². The van der Waals surface area contributed by atoms with Crippen LogP contribution in [0, 0.1) is 0 Å². The second-order valence-corrected chi connectivity index (χ2v) is 4.78. The van der Waals surface area contributed by atoms with Gasteiger partial charge in [0.1, 0.15) is 16.9 Å². The van der Waals surface area contributed by atoms with E-state index in [1.165, 1.54) is 15.9 Å². The number of methoxy groups -OCH3 is 2. The molecule has 0 atom stereocenters. The van der Waals surface area contributed by atoms with Gasteiger partial charge in [-0.05, 0) is 18.2 Å². The van der Waals surface area contributed by atoms with Crippen LogP contribution in [0.2, 0.25) is 0 Å². The van der Waals surface area contributed by atoms with Crippen LogP contribution in [-0.2, 0) is 0 Å². The Morgan fingerprint density at radius 1 is 1.25 bits per heavy atom. The zero-order valence-corrected chi connectivity index (χ0v) is 11.7. The topological polar surface area (TPSA) is 65.7 Å². The Hall–Kier alpha value is -2.41. The maximum atomic E-state index is 11.3. The van der Waals surface area contributed by atoms with Gasteiger partial charge in [-0.3, -0.25) is 4.79 Å². The minimum Gasteiger partial charge on any atom is -0.493 e. The normalized spacial score (nSPS) is 10.7. The Balaban J connectivity index is 2.19. The molecule has 3 rings (SSSR count). The van der Waals surface area contributed by atoms with Crippen LogP contribution in [0.15, 0.2) is 23.7 Å². The van der Waals surface area contributed by atoms with Gasteiger partial charge < -0.3 is 9.47 Å². The Kier molecular flexibility index (Phi) is 3.11. The Morgan fingerprint density at radius 2 is 2.05 bits per heavy atom. The van der Waals surface area contributed by atoms with Crippen LogP contribution < -0.4 is 9.47 Å². The molecule has 0 aliphatic carbocycles. The maximum Gasteiger partial charge on any atom is 0.213 e. The van der Waals surface area contributed by atoms with Crippen LogP contribution in [0.5, 0.6) is 11.5 Å². The molecule has 0 unspecified atom stereocenters. The van der Waals surface area contributed by atoms with E-state index in [0.29, 0.717) is 27.8 Å². The molecule has 0 fully saturated rings. The standard InChI is InChI=1S/C13H11N3O3S/c1-18-10-4-3-8(5-11(10)19-2)12-9(6-17)16-13(15-12)20-7-14-16/h3-7H,1-2H3. The van der Waals surface area contributed by atoms with Gasteiger partial charge in [-0.2, -0.15) is 9.61 Å². The largest absolute Gasteiger partial charge is 0.493 e. The summed E-state index contributed by atoms with van der Waals surface area (Å²) in [6.07, 6.45) is 0.756. The fourth-order valence-electron chi connectivity index (χ4n) is 2.01. The van der Waals surface area contributed by atoms with Gasteiger partial charge in [-0.15, -0.1) is 0 Å². The fraction of sp³-hybridized carbons (Fsp3) is 0.154. The van der Waals surface area contributed by atoms with E-state index in [1.54, 1.807) is 31.9 Å². The zero-order valence-electron chi connectivity index (χ0n) is 10.9. The molecule has 3 aromatic rings. The molecule has 0 aliphatic rings. The quantitative estimate of drug-likeness (QED) is 0.689. The number of carbonyl (C=O) groups is 1. The molecule has 0 bridgehead atoms. The lowest BCUT2D eigenvalue weighted by atomic mass is 10.1.